The monoisotopic (exact) mass is 1040 g/mol. The van der Waals surface area contributed by atoms with E-state index in [0.717, 1.165) is 38.5 Å². The second-order valence-corrected chi connectivity index (χ2v) is 23.5. The summed E-state index contributed by atoms with van der Waals surface area (Å²) in [5.74, 6) is -0.0270. The number of rotatable bonds is 64. The van der Waals surface area contributed by atoms with Gasteiger partial charge in [-0.3, -0.25) is 9.59 Å². The van der Waals surface area contributed by atoms with Crippen molar-refractivity contribution in [3.8, 4) is 0 Å². The molecule has 0 saturated heterocycles. The summed E-state index contributed by atoms with van der Waals surface area (Å²) < 4.78 is 5.48. The van der Waals surface area contributed by atoms with Crippen LogP contribution in [-0.4, -0.2) is 47.4 Å². The van der Waals surface area contributed by atoms with Crippen LogP contribution in [0, 0.1) is 0 Å². The van der Waals surface area contributed by atoms with Crippen molar-refractivity contribution in [3.05, 3.63) is 12.2 Å². The summed E-state index contributed by atoms with van der Waals surface area (Å²) in [7, 11) is 0. The van der Waals surface area contributed by atoms with E-state index in [1.807, 2.05) is 0 Å². The second-order valence-electron chi connectivity index (χ2n) is 23.5. The first-order valence-corrected chi connectivity index (χ1v) is 33.9. The van der Waals surface area contributed by atoms with Gasteiger partial charge in [0.15, 0.2) is 0 Å². The van der Waals surface area contributed by atoms with E-state index in [1.165, 1.54) is 315 Å². The average Bonchev–Trinajstić information content (AvgIpc) is 3.40. The number of esters is 1. The highest BCUT2D eigenvalue weighted by Gasteiger charge is 2.20. The van der Waals surface area contributed by atoms with Crippen LogP contribution in [0.25, 0.3) is 0 Å². The Balaban J connectivity index is 3.41. The molecule has 6 heteroatoms. The van der Waals surface area contributed by atoms with Crippen molar-refractivity contribution in [2.75, 3.05) is 13.2 Å². The predicted molar refractivity (Wildman–Crippen MR) is 324 cm³/mol. The van der Waals surface area contributed by atoms with Crippen LogP contribution in [0.4, 0.5) is 0 Å². The number of carbonyl (C=O) groups is 2. The zero-order valence-corrected chi connectivity index (χ0v) is 50.4. The first kappa shape index (κ1) is 72.6. The van der Waals surface area contributed by atoms with Crippen molar-refractivity contribution in [2.24, 2.45) is 0 Å². The third-order valence-corrected chi connectivity index (χ3v) is 16.1. The third kappa shape index (κ3) is 59.8. The number of aliphatic hydroxyl groups excluding tert-OH is 2. The van der Waals surface area contributed by atoms with Crippen LogP contribution >= 0.6 is 0 Å². The summed E-state index contributed by atoms with van der Waals surface area (Å²) in [6.45, 7) is 4.98. The summed E-state index contributed by atoms with van der Waals surface area (Å²) in [6, 6.07) is -0.548. The van der Waals surface area contributed by atoms with Crippen molar-refractivity contribution in [1.82, 2.24) is 5.32 Å². The van der Waals surface area contributed by atoms with Crippen LogP contribution in [-0.2, 0) is 14.3 Å². The van der Waals surface area contributed by atoms with E-state index in [0.29, 0.717) is 25.9 Å². The van der Waals surface area contributed by atoms with E-state index < -0.39 is 12.1 Å². The Morgan fingerprint density at radius 2 is 0.635 bits per heavy atom. The molecule has 0 aromatic heterocycles. The van der Waals surface area contributed by atoms with Gasteiger partial charge in [0.2, 0.25) is 5.91 Å². The molecule has 0 spiro atoms. The molecule has 3 N–H and O–H groups in total. The van der Waals surface area contributed by atoms with Crippen molar-refractivity contribution < 1.29 is 24.5 Å². The van der Waals surface area contributed by atoms with E-state index in [2.05, 4.69) is 31.3 Å². The molecule has 0 fully saturated rings. The number of amides is 1. The molecule has 0 aliphatic heterocycles. The molecule has 0 aliphatic carbocycles. The predicted octanol–water partition coefficient (Wildman–Crippen LogP) is 21.6. The van der Waals surface area contributed by atoms with Crippen LogP contribution in [0.5, 0.6) is 0 Å². The minimum atomic E-state index is -0.670. The zero-order valence-electron chi connectivity index (χ0n) is 50.4. The lowest BCUT2D eigenvalue weighted by molar-refractivity contribution is -0.143. The fourth-order valence-corrected chi connectivity index (χ4v) is 10.9. The molecule has 0 saturated carbocycles. The Bertz CT molecular complexity index is 1110. The van der Waals surface area contributed by atoms with Crippen molar-refractivity contribution >= 4 is 11.9 Å². The summed E-state index contributed by atoms with van der Waals surface area (Å²) in [5, 5.41) is 23.4. The van der Waals surface area contributed by atoms with Gasteiger partial charge in [0.05, 0.1) is 25.4 Å². The SMILES string of the molecule is CCCCCCCCCCCCCCCCCCCCCCCCCC(O)C(CO)NC(=O)CCCCCCCCC/C=C\CCCCCCCCCCCCOC(=O)CCCCCCCCCCCCCCC. The zero-order chi connectivity index (χ0) is 53.6. The lowest BCUT2D eigenvalue weighted by Gasteiger charge is -2.22. The number of aliphatic hydroxyl groups is 2. The Labute approximate surface area is 463 Å². The molecule has 0 radical (unpaired) electrons. The van der Waals surface area contributed by atoms with Gasteiger partial charge in [0.1, 0.15) is 0 Å². The summed E-state index contributed by atoms with van der Waals surface area (Å²) in [5.41, 5.74) is 0. The number of unbranched alkanes of at least 4 members (excludes halogenated alkanes) is 51. The quantitative estimate of drug-likeness (QED) is 0.0320. The van der Waals surface area contributed by atoms with E-state index in [1.54, 1.807) is 0 Å². The molecule has 0 heterocycles. The topological polar surface area (TPSA) is 95.9 Å². The van der Waals surface area contributed by atoms with E-state index in [9.17, 15) is 19.8 Å². The van der Waals surface area contributed by atoms with Crippen LogP contribution in [0.3, 0.4) is 0 Å². The van der Waals surface area contributed by atoms with Crippen LogP contribution in [0.1, 0.15) is 386 Å². The molecule has 6 nitrogen and oxygen atoms in total. The van der Waals surface area contributed by atoms with Gasteiger partial charge in [0, 0.05) is 12.8 Å². The Morgan fingerprint density at radius 1 is 0.365 bits per heavy atom. The lowest BCUT2D eigenvalue weighted by Crippen LogP contribution is -2.45. The Morgan fingerprint density at radius 3 is 0.959 bits per heavy atom. The highest BCUT2D eigenvalue weighted by molar-refractivity contribution is 5.76. The number of nitrogens with one attached hydrogen (secondary N) is 1. The summed E-state index contributed by atoms with van der Waals surface area (Å²) >= 11 is 0. The van der Waals surface area contributed by atoms with Crippen molar-refractivity contribution in [1.29, 1.82) is 0 Å². The highest BCUT2D eigenvalue weighted by atomic mass is 16.5. The minimum Gasteiger partial charge on any atom is -0.466 e. The number of ether oxygens (including phenoxy) is 1. The van der Waals surface area contributed by atoms with Crippen molar-refractivity contribution in [2.45, 2.75) is 398 Å². The summed E-state index contributed by atoms with van der Waals surface area (Å²) in [6.07, 6.45) is 78.1. The molecule has 2 unspecified atom stereocenters. The fourth-order valence-electron chi connectivity index (χ4n) is 10.9. The molecule has 0 bridgehead atoms. The van der Waals surface area contributed by atoms with E-state index >= 15 is 0 Å². The van der Waals surface area contributed by atoms with Crippen molar-refractivity contribution in [3.63, 3.8) is 0 Å². The van der Waals surface area contributed by atoms with Crippen LogP contribution in [0.2, 0.25) is 0 Å². The van der Waals surface area contributed by atoms with Gasteiger partial charge in [-0.05, 0) is 51.4 Å². The Kier molecular flexibility index (Phi) is 62.9. The normalized spacial score (nSPS) is 12.5. The maximum atomic E-state index is 12.5. The van der Waals surface area contributed by atoms with Gasteiger partial charge in [-0.15, -0.1) is 0 Å². The third-order valence-electron chi connectivity index (χ3n) is 16.1. The Hall–Kier alpha value is -1.40. The largest absolute Gasteiger partial charge is 0.466 e. The summed E-state index contributed by atoms with van der Waals surface area (Å²) in [4.78, 5) is 24.6. The molecular formula is C68H133NO5. The smallest absolute Gasteiger partial charge is 0.305 e. The molecule has 0 aliphatic rings. The standard InChI is InChI=1S/C68H133NO5/c1-3-5-7-9-11-13-15-17-18-19-20-21-22-24-27-30-33-37-40-44-48-52-56-60-66(71)65(64-70)69-67(72)61-57-53-49-45-41-38-34-31-28-25-23-26-29-32-35-39-43-47-51-55-59-63-74-68(73)62-58-54-50-46-42-36-16-14-12-10-8-6-4-2/h25,28,65-66,70-71H,3-24,26-27,29-64H2,1-2H3,(H,69,72)/b28-25-. The number of hydrogen-bond donors (Lipinski definition) is 3. The molecule has 0 aromatic carbocycles. The second kappa shape index (κ2) is 64.1. The fraction of sp³-hybridized carbons (Fsp3) is 0.941. The molecule has 0 rings (SSSR count). The van der Waals surface area contributed by atoms with E-state index in [4.69, 9.17) is 4.74 Å². The number of hydrogen-bond acceptors (Lipinski definition) is 5. The van der Waals surface area contributed by atoms with Crippen LogP contribution in [0.15, 0.2) is 12.2 Å². The first-order valence-electron chi connectivity index (χ1n) is 33.9. The average molecular weight is 1040 g/mol. The van der Waals surface area contributed by atoms with Gasteiger partial charge in [-0.1, -0.05) is 334 Å². The maximum absolute atomic E-state index is 12.5. The van der Waals surface area contributed by atoms with E-state index in [-0.39, 0.29) is 18.5 Å². The molecular weight excluding hydrogens is 911 g/mol. The minimum absolute atomic E-state index is 0.0109. The lowest BCUT2D eigenvalue weighted by atomic mass is 10.0. The van der Waals surface area contributed by atoms with Crippen LogP contribution < -0.4 is 5.32 Å². The van der Waals surface area contributed by atoms with Gasteiger partial charge in [-0.2, -0.15) is 0 Å². The molecule has 440 valence electrons. The first-order chi connectivity index (χ1) is 36.5. The van der Waals surface area contributed by atoms with Gasteiger partial charge < -0.3 is 20.3 Å². The maximum Gasteiger partial charge on any atom is 0.305 e. The molecule has 74 heavy (non-hydrogen) atoms. The number of carbonyl (C=O) groups excluding carboxylic acids is 2. The molecule has 1 amide bonds. The van der Waals surface area contributed by atoms with Gasteiger partial charge in [0.25, 0.3) is 0 Å². The molecule has 0 aromatic rings. The van der Waals surface area contributed by atoms with Gasteiger partial charge >= 0.3 is 5.97 Å². The highest BCUT2D eigenvalue weighted by Crippen LogP contribution is 2.19. The number of allylic oxidation sites excluding steroid dienone is 2. The van der Waals surface area contributed by atoms with Gasteiger partial charge in [-0.25, -0.2) is 0 Å². The molecule has 2 atom stereocenters.